The fourth-order valence-electron chi connectivity index (χ4n) is 2.13. The van der Waals surface area contributed by atoms with Gasteiger partial charge in [0, 0.05) is 0 Å². The van der Waals surface area contributed by atoms with Gasteiger partial charge >= 0.3 is 12.6 Å². The molecule has 2 rings (SSSR count). The number of halogens is 6. The van der Waals surface area contributed by atoms with E-state index in [0.717, 1.165) is 12.4 Å². The molecule has 0 saturated heterocycles. The molecule has 0 aliphatic heterocycles. The summed E-state index contributed by atoms with van der Waals surface area (Å²) in [6, 6.07) is 4.39. The second-order valence-corrected chi connectivity index (χ2v) is 4.97. The lowest BCUT2D eigenvalue weighted by atomic mass is 10.0. The normalized spacial score (nSPS) is 13.5. The molecule has 12 heteroatoms. The van der Waals surface area contributed by atoms with Crippen molar-refractivity contribution >= 4 is 11.9 Å². The number of carbonyl (C=O) groups excluding carboxylic acids is 1. The fourth-order valence-corrected chi connectivity index (χ4v) is 2.13. The van der Waals surface area contributed by atoms with Crippen LogP contribution in [0.2, 0.25) is 0 Å². The highest BCUT2D eigenvalue weighted by molar-refractivity contribution is 5.93. The van der Waals surface area contributed by atoms with E-state index in [4.69, 9.17) is 0 Å². The molecular formula is C14H11F6N5O. The summed E-state index contributed by atoms with van der Waals surface area (Å²) in [5, 5.41) is 8.48. The van der Waals surface area contributed by atoms with Crippen LogP contribution in [-0.2, 0) is 11.2 Å². The highest BCUT2D eigenvalue weighted by atomic mass is 19.4. The Morgan fingerprint density at radius 2 is 1.65 bits per heavy atom. The topological polar surface area (TPSA) is 71.0 Å². The van der Waals surface area contributed by atoms with Crippen molar-refractivity contribution in [2.75, 3.05) is 5.32 Å². The van der Waals surface area contributed by atoms with Crippen LogP contribution >= 0.6 is 0 Å². The SMILES string of the molecule is O=C(Nc1nccnn1)[C@H](Cc1ccccc1)N(C(F)(F)F)C(F)(F)F. The van der Waals surface area contributed by atoms with E-state index in [-0.39, 0.29) is 5.56 Å². The predicted molar refractivity (Wildman–Crippen MR) is 76.3 cm³/mol. The number of hydrogen-bond donors (Lipinski definition) is 1. The molecule has 0 aliphatic rings. The monoisotopic (exact) mass is 379 g/mol. The van der Waals surface area contributed by atoms with E-state index in [2.05, 4.69) is 15.2 Å². The van der Waals surface area contributed by atoms with Crippen molar-refractivity contribution in [2.24, 2.45) is 0 Å². The van der Waals surface area contributed by atoms with E-state index in [1.54, 1.807) is 0 Å². The van der Waals surface area contributed by atoms with E-state index >= 15 is 0 Å². The van der Waals surface area contributed by atoms with Crippen LogP contribution in [0.15, 0.2) is 42.7 Å². The third-order valence-corrected chi connectivity index (χ3v) is 3.15. The van der Waals surface area contributed by atoms with E-state index in [1.807, 2.05) is 5.32 Å². The second kappa shape index (κ2) is 7.64. The van der Waals surface area contributed by atoms with E-state index in [0.29, 0.717) is 0 Å². The van der Waals surface area contributed by atoms with Crippen molar-refractivity contribution < 1.29 is 31.1 Å². The van der Waals surface area contributed by atoms with Gasteiger partial charge in [-0.2, -0.15) is 31.4 Å². The summed E-state index contributed by atoms with van der Waals surface area (Å²) in [5.41, 5.74) is 0.109. The maximum Gasteiger partial charge on any atom is 0.467 e. The largest absolute Gasteiger partial charge is 0.467 e. The van der Waals surface area contributed by atoms with Gasteiger partial charge in [-0.05, 0) is 12.0 Å². The number of rotatable bonds is 5. The number of aromatic nitrogens is 3. The molecular weight excluding hydrogens is 368 g/mol. The third-order valence-electron chi connectivity index (χ3n) is 3.15. The molecule has 2 aromatic rings. The molecule has 0 unspecified atom stereocenters. The van der Waals surface area contributed by atoms with Crippen molar-refractivity contribution in [3.8, 4) is 0 Å². The van der Waals surface area contributed by atoms with E-state index < -0.39 is 41.8 Å². The predicted octanol–water partition coefficient (Wildman–Crippen LogP) is 2.76. The maximum atomic E-state index is 13.1. The average molecular weight is 379 g/mol. The summed E-state index contributed by atoms with van der Waals surface area (Å²) in [7, 11) is 0. The van der Waals surface area contributed by atoms with Crippen LogP contribution in [0.3, 0.4) is 0 Å². The molecule has 0 aliphatic carbocycles. The molecule has 1 aromatic carbocycles. The Hall–Kier alpha value is -2.76. The van der Waals surface area contributed by atoms with Crippen LogP contribution in [0, 0.1) is 0 Å². The van der Waals surface area contributed by atoms with Crippen LogP contribution in [0.25, 0.3) is 0 Å². The Labute approximate surface area is 142 Å². The first kappa shape index (κ1) is 19.6. The highest BCUT2D eigenvalue weighted by Crippen LogP contribution is 2.36. The maximum absolute atomic E-state index is 13.1. The number of nitrogens with one attached hydrogen (secondary N) is 1. The van der Waals surface area contributed by atoms with Crippen LogP contribution < -0.4 is 5.32 Å². The first-order valence-corrected chi connectivity index (χ1v) is 7.00. The van der Waals surface area contributed by atoms with Gasteiger partial charge in [0.1, 0.15) is 6.04 Å². The lowest BCUT2D eigenvalue weighted by Gasteiger charge is -2.33. The quantitative estimate of drug-likeness (QED) is 0.639. The first-order valence-electron chi connectivity index (χ1n) is 7.00. The molecule has 26 heavy (non-hydrogen) atoms. The molecule has 1 amide bonds. The third kappa shape index (κ3) is 5.12. The molecule has 0 saturated carbocycles. The average Bonchev–Trinajstić information content (AvgIpc) is 2.53. The zero-order chi connectivity index (χ0) is 19.4. The standard InChI is InChI=1S/C14H11F6N5O/c15-13(16,17)25(14(18,19)20)10(8-9-4-2-1-3-5-9)11(26)23-12-21-6-7-22-24-12/h1-7,10H,8H2,(H,21,23,24,26)/t10-/m0/s1. The Kier molecular flexibility index (Phi) is 5.75. The van der Waals surface area contributed by atoms with Crippen molar-refractivity contribution in [2.45, 2.75) is 25.1 Å². The van der Waals surface area contributed by atoms with Gasteiger partial charge < -0.3 is 0 Å². The number of hydrogen-bond acceptors (Lipinski definition) is 5. The molecule has 6 nitrogen and oxygen atoms in total. The first-order chi connectivity index (χ1) is 12.1. The van der Waals surface area contributed by atoms with Crippen molar-refractivity contribution in [3.05, 3.63) is 48.3 Å². The van der Waals surface area contributed by atoms with Crippen molar-refractivity contribution in [1.29, 1.82) is 0 Å². The number of nitrogens with zero attached hydrogens (tertiary/aromatic N) is 4. The summed E-state index contributed by atoms with van der Waals surface area (Å²) in [6.45, 7) is 0. The van der Waals surface area contributed by atoms with Gasteiger partial charge in [-0.15, -0.1) is 10.00 Å². The van der Waals surface area contributed by atoms with Gasteiger partial charge in [-0.3, -0.25) is 10.1 Å². The lowest BCUT2D eigenvalue weighted by molar-refractivity contribution is -0.380. The summed E-state index contributed by atoms with van der Waals surface area (Å²) in [4.78, 5) is 13.9. The number of benzene rings is 1. The van der Waals surface area contributed by atoms with Gasteiger partial charge in [0.05, 0.1) is 12.4 Å². The van der Waals surface area contributed by atoms with Crippen molar-refractivity contribution in [3.63, 3.8) is 0 Å². The summed E-state index contributed by atoms with van der Waals surface area (Å²) in [5.74, 6) is -2.09. The molecule has 0 bridgehead atoms. The summed E-state index contributed by atoms with van der Waals surface area (Å²) in [6.07, 6.45) is -10.3. The van der Waals surface area contributed by atoms with Crippen LogP contribution in [0.5, 0.6) is 0 Å². The number of alkyl halides is 6. The number of amides is 1. The summed E-state index contributed by atoms with van der Waals surface area (Å²) < 4.78 is 78.3. The van der Waals surface area contributed by atoms with Gasteiger partial charge in [0.2, 0.25) is 11.9 Å². The minimum Gasteiger partial charge on any atom is -0.292 e. The molecule has 140 valence electrons. The molecule has 1 aromatic heterocycles. The molecule has 0 radical (unpaired) electrons. The van der Waals surface area contributed by atoms with Gasteiger partial charge in [0.25, 0.3) is 0 Å². The Bertz CT molecular complexity index is 708. The number of carbonyl (C=O) groups is 1. The number of anilines is 1. The van der Waals surface area contributed by atoms with E-state index in [9.17, 15) is 31.1 Å². The molecule has 0 fully saturated rings. The molecule has 1 heterocycles. The van der Waals surface area contributed by atoms with Gasteiger partial charge in [0.15, 0.2) is 0 Å². The Morgan fingerprint density at radius 3 is 2.15 bits per heavy atom. The van der Waals surface area contributed by atoms with E-state index in [1.165, 1.54) is 30.3 Å². The van der Waals surface area contributed by atoms with Crippen LogP contribution in [0.4, 0.5) is 32.3 Å². The fraction of sp³-hybridized carbons (Fsp3) is 0.286. The minimum atomic E-state index is -5.83. The zero-order valence-electron chi connectivity index (χ0n) is 12.8. The van der Waals surface area contributed by atoms with Gasteiger partial charge in [-0.1, -0.05) is 30.3 Å². The second-order valence-electron chi connectivity index (χ2n) is 4.97. The zero-order valence-corrected chi connectivity index (χ0v) is 12.8. The molecule has 1 N–H and O–H groups in total. The Morgan fingerprint density at radius 1 is 1.04 bits per heavy atom. The smallest absolute Gasteiger partial charge is 0.292 e. The molecule has 0 spiro atoms. The lowest BCUT2D eigenvalue weighted by Crippen LogP contribution is -2.58. The highest BCUT2D eigenvalue weighted by Gasteiger charge is 2.59. The van der Waals surface area contributed by atoms with Crippen LogP contribution in [-0.4, -0.2) is 44.6 Å². The van der Waals surface area contributed by atoms with Crippen LogP contribution in [0.1, 0.15) is 5.56 Å². The minimum absolute atomic E-state index is 0.109. The Balaban J connectivity index is 2.38. The summed E-state index contributed by atoms with van der Waals surface area (Å²) >= 11 is 0. The van der Waals surface area contributed by atoms with Gasteiger partial charge in [-0.25, -0.2) is 4.98 Å². The van der Waals surface area contributed by atoms with Crippen molar-refractivity contribution in [1.82, 2.24) is 20.1 Å². The molecule has 1 atom stereocenters.